The molecule has 0 aromatic rings. The molecule has 1 heterocycles. The Morgan fingerprint density at radius 3 is 1.52 bits per heavy atom. The first-order valence-corrected chi connectivity index (χ1v) is 11.5. The lowest BCUT2D eigenvalue weighted by Crippen LogP contribution is -2.45. The number of hydrogen-bond acceptors (Lipinski definition) is 4. The summed E-state index contributed by atoms with van der Waals surface area (Å²) in [5, 5.41) is 0. The fourth-order valence-electron chi connectivity index (χ4n) is 2.25. The van der Waals surface area contributed by atoms with Gasteiger partial charge in [0, 0.05) is 0 Å². The molecule has 0 aromatic carbocycles. The highest BCUT2D eigenvalue weighted by atomic mass is 32.3. The largest absolute Gasteiger partial charge is 0.480 e. The van der Waals surface area contributed by atoms with Crippen LogP contribution in [0.5, 0.6) is 0 Å². The van der Waals surface area contributed by atoms with Gasteiger partial charge in [-0.3, -0.25) is 4.48 Å². The Morgan fingerprint density at radius 1 is 0.828 bits per heavy atom. The molecule has 1 aliphatic heterocycles. The van der Waals surface area contributed by atoms with Crippen molar-refractivity contribution in [1.29, 1.82) is 0 Å². The zero-order valence-electron chi connectivity index (χ0n) is 15.9. The van der Waals surface area contributed by atoms with Crippen molar-refractivity contribution in [3.8, 4) is 0 Å². The Balaban J connectivity index is 0.000000541. The molecular weight excluding hydrogens is 450 g/mol. The average molecular weight is 474 g/mol. The van der Waals surface area contributed by atoms with Crippen molar-refractivity contribution in [2.45, 2.75) is 50.5 Å². The minimum absolute atomic E-state index is 0.778. The maximum Gasteiger partial charge on any atom is 0.480 e. The Hall–Kier alpha value is -1.12. The van der Waals surface area contributed by atoms with Crippen LogP contribution in [-0.4, -0.2) is 52.0 Å². The predicted molar refractivity (Wildman–Crippen MR) is 96.3 cm³/mol. The zero-order valence-corrected chi connectivity index (χ0v) is 17.5. The molecular formula is C15H24F6N2O4S2. The second-order valence-electron chi connectivity index (χ2n) is 6.24. The van der Waals surface area contributed by atoms with Gasteiger partial charge in [-0.1, -0.05) is 32.8 Å². The SMILES string of the molecule is CCCC[N+]1(CCCC)C=CC=CC1.O=S(=O)([N-]S(=O)(=O)C(F)(F)F)C(F)(F)F. The molecule has 0 bridgehead atoms. The minimum atomic E-state index is -6.72. The minimum Gasteiger partial charge on any atom is -0.421 e. The van der Waals surface area contributed by atoms with Crippen LogP contribution in [0.15, 0.2) is 24.4 Å². The van der Waals surface area contributed by atoms with Gasteiger partial charge in [0.05, 0.1) is 19.3 Å². The first kappa shape index (κ1) is 27.9. The van der Waals surface area contributed by atoms with E-state index in [1.54, 1.807) is 0 Å². The molecule has 0 saturated heterocycles. The van der Waals surface area contributed by atoms with Gasteiger partial charge in [0.2, 0.25) is 0 Å². The topological polar surface area (TPSA) is 82.4 Å². The molecule has 0 spiro atoms. The van der Waals surface area contributed by atoms with Crippen LogP contribution < -0.4 is 0 Å². The number of unbranched alkanes of at least 4 members (excludes halogenated alkanes) is 2. The second kappa shape index (κ2) is 10.8. The molecule has 6 nitrogen and oxygen atoms in total. The molecule has 1 rings (SSSR count). The van der Waals surface area contributed by atoms with Crippen LogP contribution in [0.4, 0.5) is 26.3 Å². The maximum atomic E-state index is 11.4. The lowest BCUT2D eigenvalue weighted by molar-refractivity contribution is -0.874. The molecule has 0 radical (unpaired) electrons. The number of sulfonamides is 2. The highest BCUT2D eigenvalue weighted by Crippen LogP contribution is 2.36. The number of alkyl halides is 6. The molecule has 0 amide bonds. The summed E-state index contributed by atoms with van der Waals surface area (Å²) in [5.41, 5.74) is -12.4. The third kappa shape index (κ3) is 9.05. The first-order chi connectivity index (χ1) is 13.0. The van der Waals surface area contributed by atoms with Gasteiger partial charge in [-0.15, -0.1) is 0 Å². The number of rotatable bonds is 8. The van der Waals surface area contributed by atoms with Crippen LogP contribution in [0.2, 0.25) is 0 Å². The standard InChI is InChI=1S/C13H24N.C2F6NO4S2/c1-3-5-10-14(11-6-4-2)12-8-7-9-13-14;3-1(4,5)14(10,11)9-15(12,13)2(6,7)8/h7-9,12H,3-6,10-11,13H2,1-2H3;/q+1;-1. The molecule has 0 fully saturated rings. The molecule has 1 aliphatic rings. The van der Waals surface area contributed by atoms with E-state index in [1.807, 2.05) is 0 Å². The summed E-state index contributed by atoms with van der Waals surface area (Å²) < 4.78 is 110. The number of quaternary nitrogens is 1. The van der Waals surface area contributed by atoms with Gasteiger partial charge in [-0.25, -0.2) is 16.8 Å². The van der Waals surface area contributed by atoms with Crippen molar-refractivity contribution in [1.82, 2.24) is 0 Å². The molecule has 0 saturated carbocycles. The van der Waals surface area contributed by atoms with Crippen molar-refractivity contribution in [3.05, 3.63) is 28.6 Å². The van der Waals surface area contributed by atoms with Crippen LogP contribution >= 0.6 is 0 Å². The Labute approximate surface area is 167 Å². The first-order valence-electron chi connectivity index (χ1n) is 8.60. The van der Waals surface area contributed by atoms with E-state index >= 15 is 0 Å². The smallest absolute Gasteiger partial charge is 0.421 e. The molecule has 0 aromatic heterocycles. The van der Waals surface area contributed by atoms with Gasteiger partial charge in [0.15, 0.2) is 20.0 Å². The fraction of sp³-hybridized carbons (Fsp3) is 0.733. The van der Waals surface area contributed by atoms with Crippen LogP contribution in [0, 0.1) is 0 Å². The summed E-state index contributed by atoms with van der Waals surface area (Å²) >= 11 is 0. The van der Waals surface area contributed by atoms with Crippen molar-refractivity contribution in [2.75, 3.05) is 19.6 Å². The second-order valence-corrected chi connectivity index (χ2v) is 9.66. The molecule has 0 unspecified atom stereocenters. The summed E-state index contributed by atoms with van der Waals surface area (Å²) in [6.45, 7) is 8.39. The normalized spacial score (nSPS) is 17.0. The van der Waals surface area contributed by atoms with E-state index in [4.69, 9.17) is 0 Å². The highest BCUT2D eigenvalue weighted by molar-refractivity contribution is 8.13. The van der Waals surface area contributed by atoms with Gasteiger partial charge in [-0.05, 0) is 25.0 Å². The van der Waals surface area contributed by atoms with E-state index in [0.717, 1.165) is 4.13 Å². The lowest BCUT2D eigenvalue weighted by Gasteiger charge is -2.35. The van der Waals surface area contributed by atoms with Crippen LogP contribution in [-0.2, 0) is 20.0 Å². The van der Waals surface area contributed by atoms with E-state index < -0.39 is 31.1 Å². The summed E-state index contributed by atoms with van der Waals surface area (Å²) in [7, 11) is -13.4. The monoisotopic (exact) mass is 474 g/mol. The maximum absolute atomic E-state index is 11.4. The van der Waals surface area contributed by atoms with Gasteiger partial charge >= 0.3 is 11.0 Å². The summed E-state index contributed by atoms with van der Waals surface area (Å²) in [6.07, 6.45) is 14.4. The van der Waals surface area contributed by atoms with Crippen molar-refractivity contribution in [3.63, 3.8) is 0 Å². The predicted octanol–water partition coefficient (Wildman–Crippen LogP) is 4.55. The molecule has 14 heteroatoms. The van der Waals surface area contributed by atoms with Crippen molar-refractivity contribution < 1.29 is 47.7 Å². The summed E-state index contributed by atoms with van der Waals surface area (Å²) in [5.74, 6) is 0. The van der Waals surface area contributed by atoms with E-state index in [2.05, 4.69) is 38.3 Å². The van der Waals surface area contributed by atoms with E-state index in [0.29, 0.717) is 0 Å². The Morgan fingerprint density at radius 2 is 1.24 bits per heavy atom. The molecule has 0 atom stereocenters. The van der Waals surface area contributed by atoms with E-state index in [9.17, 15) is 43.2 Å². The molecule has 172 valence electrons. The molecule has 29 heavy (non-hydrogen) atoms. The van der Waals surface area contributed by atoms with Gasteiger partial charge in [0.25, 0.3) is 0 Å². The van der Waals surface area contributed by atoms with Crippen molar-refractivity contribution >= 4 is 20.0 Å². The summed E-state index contributed by atoms with van der Waals surface area (Å²) in [4.78, 5) is 0. The van der Waals surface area contributed by atoms with Crippen molar-refractivity contribution in [2.24, 2.45) is 0 Å². The average Bonchev–Trinajstić information content (AvgIpc) is 2.57. The third-order valence-electron chi connectivity index (χ3n) is 3.81. The van der Waals surface area contributed by atoms with Crippen LogP contribution in [0.3, 0.4) is 0 Å². The molecule has 0 N–H and O–H groups in total. The number of halogens is 6. The Kier molecular flexibility index (Phi) is 10.4. The third-order valence-corrected chi connectivity index (χ3v) is 6.55. The number of nitrogens with zero attached hydrogens (tertiary/aromatic N) is 2. The Bertz CT molecular complexity index is 722. The van der Waals surface area contributed by atoms with Crippen LogP contribution in [0.1, 0.15) is 39.5 Å². The van der Waals surface area contributed by atoms with E-state index in [-0.39, 0.29) is 0 Å². The highest BCUT2D eigenvalue weighted by Gasteiger charge is 2.46. The van der Waals surface area contributed by atoms with Gasteiger partial charge in [-0.2, -0.15) is 26.3 Å². The lowest BCUT2D eigenvalue weighted by atomic mass is 10.2. The summed E-state index contributed by atoms with van der Waals surface area (Å²) in [6, 6.07) is 0. The van der Waals surface area contributed by atoms with Gasteiger partial charge in [0.1, 0.15) is 6.54 Å². The fourth-order valence-corrected chi connectivity index (χ4v) is 3.96. The molecule has 0 aliphatic carbocycles. The number of hydrogen-bond donors (Lipinski definition) is 0. The van der Waals surface area contributed by atoms with Crippen LogP contribution in [0.25, 0.3) is 4.13 Å². The number of allylic oxidation sites excluding steroid dienone is 2. The van der Waals surface area contributed by atoms with E-state index in [1.165, 1.54) is 49.8 Å². The zero-order chi connectivity index (χ0) is 23.0. The van der Waals surface area contributed by atoms with Gasteiger partial charge < -0.3 is 4.13 Å². The quantitative estimate of drug-likeness (QED) is 0.382.